The van der Waals surface area contributed by atoms with E-state index >= 15 is 0 Å². The van der Waals surface area contributed by atoms with Crippen molar-refractivity contribution in [3.8, 4) is 17.1 Å². The Bertz CT molecular complexity index is 917. The number of hydrogen-bond donors (Lipinski definition) is 0. The van der Waals surface area contributed by atoms with E-state index in [1.54, 1.807) is 24.3 Å². The highest BCUT2D eigenvalue weighted by Crippen LogP contribution is 2.22. The molecular formula is C17H11ClF2N2O4. The maximum absolute atomic E-state index is 12.4. The molecule has 0 aliphatic heterocycles. The molecule has 0 fully saturated rings. The highest BCUT2D eigenvalue weighted by atomic mass is 35.5. The SMILES string of the molecule is O=C(OCc1nc(-c2cccc(Cl)c2)no1)c1ccccc1OC(F)F. The van der Waals surface area contributed by atoms with Crippen molar-refractivity contribution in [2.45, 2.75) is 13.2 Å². The minimum atomic E-state index is -3.06. The third-order valence-electron chi connectivity index (χ3n) is 3.20. The van der Waals surface area contributed by atoms with Crippen molar-refractivity contribution in [3.05, 3.63) is 65.0 Å². The van der Waals surface area contributed by atoms with Crippen molar-refractivity contribution < 1.29 is 27.6 Å². The summed E-state index contributed by atoms with van der Waals surface area (Å²) >= 11 is 5.90. The first kappa shape index (κ1) is 17.8. The largest absolute Gasteiger partial charge is 0.452 e. The smallest absolute Gasteiger partial charge is 0.387 e. The zero-order valence-corrected chi connectivity index (χ0v) is 13.8. The number of carbonyl (C=O) groups is 1. The summed E-state index contributed by atoms with van der Waals surface area (Å²) in [6, 6.07) is 12.3. The van der Waals surface area contributed by atoms with E-state index in [1.807, 2.05) is 0 Å². The predicted octanol–water partition coefficient (Wildman–Crippen LogP) is 4.35. The lowest BCUT2D eigenvalue weighted by atomic mass is 10.2. The van der Waals surface area contributed by atoms with Crippen LogP contribution < -0.4 is 4.74 Å². The second-order valence-electron chi connectivity index (χ2n) is 4.97. The number of esters is 1. The highest BCUT2D eigenvalue weighted by Gasteiger charge is 2.18. The zero-order valence-electron chi connectivity index (χ0n) is 13.1. The summed E-state index contributed by atoms with van der Waals surface area (Å²) in [4.78, 5) is 16.2. The Balaban J connectivity index is 1.67. The van der Waals surface area contributed by atoms with Crippen LogP contribution >= 0.6 is 11.6 Å². The van der Waals surface area contributed by atoms with Gasteiger partial charge in [0.15, 0.2) is 6.61 Å². The Morgan fingerprint density at radius 3 is 2.77 bits per heavy atom. The molecule has 0 saturated carbocycles. The molecule has 26 heavy (non-hydrogen) atoms. The Morgan fingerprint density at radius 1 is 1.19 bits per heavy atom. The van der Waals surface area contributed by atoms with Crippen molar-refractivity contribution in [1.29, 1.82) is 0 Å². The fourth-order valence-electron chi connectivity index (χ4n) is 2.10. The van der Waals surface area contributed by atoms with Gasteiger partial charge in [-0.2, -0.15) is 13.8 Å². The van der Waals surface area contributed by atoms with Crippen LogP contribution in [0.25, 0.3) is 11.4 Å². The Kier molecular flexibility index (Phi) is 5.43. The van der Waals surface area contributed by atoms with Gasteiger partial charge >= 0.3 is 12.6 Å². The normalized spacial score (nSPS) is 10.8. The van der Waals surface area contributed by atoms with E-state index in [4.69, 9.17) is 20.9 Å². The van der Waals surface area contributed by atoms with E-state index in [0.29, 0.717) is 10.6 Å². The molecule has 0 aliphatic carbocycles. The first-order chi connectivity index (χ1) is 12.5. The molecule has 0 N–H and O–H groups in total. The lowest BCUT2D eigenvalue weighted by Gasteiger charge is -2.09. The third kappa shape index (κ3) is 4.34. The molecule has 0 unspecified atom stereocenters. The van der Waals surface area contributed by atoms with Crippen LogP contribution in [0.2, 0.25) is 5.02 Å². The molecule has 6 nitrogen and oxygen atoms in total. The topological polar surface area (TPSA) is 74.5 Å². The average Bonchev–Trinajstić information content (AvgIpc) is 3.09. The summed E-state index contributed by atoms with van der Waals surface area (Å²) in [7, 11) is 0. The van der Waals surface area contributed by atoms with Gasteiger partial charge in [-0.15, -0.1) is 0 Å². The molecular weight excluding hydrogens is 370 g/mol. The second-order valence-corrected chi connectivity index (χ2v) is 5.41. The summed E-state index contributed by atoms with van der Waals surface area (Å²) in [5, 5.41) is 4.29. The van der Waals surface area contributed by atoms with Gasteiger partial charge in [-0.05, 0) is 24.3 Å². The van der Waals surface area contributed by atoms with Crippen LogP contribution in [0.1, 0.15) is 16.2 Å². The number of halogens is 3. The number of rotatable bonds is 6. The minimum absolute atomic E-state index is 0.0422. The van der Waals surface area contributed by atoms with Gasteiger partial charge in [-0.25, -0.2) is 4.79 Å². The Hall–Kier alpha value is -3.00. The molecule has 2 aromatic carbocycles. The Labute approximate surface area is 151 Å². The summed E-state index contributed by atoms with van der Waals surface area (Å²) < 4.78 is 39.1. The zero-order chi connectivity index (χ0) is 18.5. The van der Waals surface area contributed by atoms with Crippen molar-refractivity contribution in [1.82, 2.24) is 10.1 Å². The molecule has 0 amide bonds. The maximum Gasteiger partial charge on any atom is 0.387 e. The van der Waals surface area contributed by atoms with E-state index in [-0.39, 0.29) is 29.6 Å². The van der Waals surface area contributed by atoms with E-state index in [2.05, 4.69) is 14.9 Å². The van der Waals surface area contributed by atoms with Crippen LogP contribution in [-0.4, -0.2) is 22.7 Å². The van der Waals surface area contributed by atoms with E-state index in [1.165, 1.54) is 24.3 Å². The van der Waals surface area contributed by atoms with Gasteiger partial charge in [0, 0.05) is 10.6 Å². The fourth-order valence-corrected chi connectivity index (χ4v) is 2.29. The first-order valence-corrected chi connectivity index (χ1v) is 7.70. The number of ether oxygens (including phenoxy) is 2. The summed E-state index contributed by atoms with van der Waals surface area (Å²) in [5.41, 5.74) is 0.497. The van der Waals surface area contributed by atoms with Crippen LogP contribution in [0.3, 0.4) is 0 Å². The maximum atomic E-state index is 12.4. The van der Waals surface area contributed by atoms with Crippen molar-refractivity contribution in [2.24, 2.45) is 0 Å². The molecule has 0 spiro atoms. The lowest BCUT2D eigenvalue weighted by molar-refractivity contribution is -0.0505. The molecule has 3 aromatic rings. The van der Waals surface area contributed by atoms with Gasteiger partial charge in [-0.3, -0.25) is 0 Å². The van der Waals surface area contributed by atoms with Crippen molar-refractivity contribution in [3.63, 3.8) is 0 Å². The third-order valence-corrected chi connectivity index (χ3v) is 3.44. The number of carbonyl (C=O) groups excluding carboxylic acids is 1. The summed E-state index contributed by atoms with van der Waals surface area (Å²) in [5.74, 6) is -0.818. The van der Waals surface area contributed by atoms with Crippen LogP contribution in [0.4, 0.5) is 8.78 Å². The second kappa shape index (κ2) is 7.92. The van der Waals surface area contributed by atoms with E-state index in [0.717, 1.165) is 0 Å². The lowest BCUT2D eigenvalue weighted by Crippen LogP contribution is -2.10. The van der Waals surface area contributed by atoms with Crippen LogP contribution in [0.15, 0.2) is 53.1 Å². The molecule has 0 aliphatic rings. The summed E-state index contributed by atoms with van der Waals surface area (Å²) in [6.45, 7) is -3.38. The number of alkyl halides is 2. The monoisotopic (exact) mass is 380 g/mol. The number of aromatic nitrogens is 2. The molecule has 1 heterocycles. The molecule has 0 saturated heterocycles. The minimum Gasteiger partial charge on any atom is -0.452 e. The van der Waals surface area contributed by atoms with Gasteiger partial charge in [-0.1, -0.05) is 41.0 Å². The van der Waals surface area contributed by atoms with Gasteiger partial charge in [0.2, 0.25) is 5.82 Å². The molecule has 0 radical (unpaired) electrons. The predicted molar refractivity (Wildman–Crippen MR) is 86.9 cm³/mol. The number of hydrogen-bond acceptors (Lipinski definition) is 6. The van der Waals surface area contributed by atoms with E-state index in [9.17, 15) is 13.6 Å². The average molecular weight is 381 g/mol. The Morgan fingerprint density at radius 2 is 2.00 bits per heavy atom. The summed E-state index contributed by atoms with van der Waals surface area (Å²) in [6.07, 6.45) is 0. The molecule has 1 aromatic heterocycles. The van der Waals surface area contributed by atoms with Crippen LogP contribution in [0, 0.1) is 0 Å². The highest BCUT2D eigenvalue weighted by molar-refractivity contribution is 6.30. The molecule has 0 atom stereocenters. The van der Waals surface area contributed by atoms with Gasteiger partial charge in [0.1, 0.15) is 11.3 Å². The van der Waals surface area contributed by atoms with Crippen molar-refractivity contribution in [2.75, 3.05) is 0 Å². The number of nitrogens with zero attached hydrogens (tertiary/aromatic N) is 2. The van der Waals surface area contributed by atoms with Crippen molar-refractivity contribution >= 4 is 17.6 Å². The van der Waals surface area contributed by atoms with Gasteiger partial charge < -0.3 is 14.0 Å². The van der Waals surface area contributed by atoms with Gasteiger partial charge in [0.05, 0.1) is 0 Å². The first-order valence-electron chi connectivity index (χ1n) is 7.32. The molecule has 3 rings (SSSR count). The van der Waals surface area contributed by atoms with Crippen LogP contribution in [0.5, 0.6) is 5.75 Å². The quantitative estimate of drug-likeness (QED) is 0.592. The van der Waals surface area contributed by atoms with Gasteiger partial charge in [0.25, 0.3) is 5.89 Å². The molecule has 9 heteroatoms. The standard InChI is InChI=1S/C17H11ClF2N2O4/c18-11-5-3-4-10(8-11)15-21-14(26-22-15)9-24-16(23)12-6-1-2-7-13(12)25-17(19)20/h1-8,17H,9H2. The molecule has 134 valence electrons. The fraction of sp³-hybridized carbons (Fsp3) is 0.118. The number of benzene rings is 2. The molecule has 0 bridgehead atoms. The number of para-hydroxylation sites is 1. The van der Waals surface area contributed by atoms with Crippen LogP contribution in [-0.2, 0) is 11.3 Å². The van der Waals surface area contributed by atoms with E-state index < -0.39 is 12.6 Å².